The fourth-order valence-corrected chi connectivity index (χ4v) is 1.82. The summed E-state index contributed by atoms with van der Waals surface area (Å²) in [5.41, 5.74) is 2.64. The first kappa shape index (κ1) is 11.6. The van der Waals surface area contributed by atoms with E-state index in [4.69, 9.17) is 13.9 Å². The maximum atomic E-state index is 5.72. The molecule has 96 valence electrons. The minimum atomic E-state index is 0.507. The van der Waals surface area contributed by atoms with E-state index in [1.54, 1.807) is 7.11 Å². The fourth-order valence-electron chi connectivity index (χ4n) is 1.82. The van der Waals surface area contributed by atoms with Crippen molar-refractivity contribution in [3.8, 4) is 11.5 Å². The third-order valence-electron chi connectivity index (χ3n) is 2.87. The smallest absolute Gasteiger partial charge is 0.181 e. The number of rotatable bonds is 4. The molecule has 0 fully saturated rings. The lowest BCUT2D eigenvalue weighted by Crippen LogP contribution is -1.95. The summed E-state index contributed by atoms with van der Waals surface area (Å²) in [5, 5.41) is 0. The molecule has 0 bridgehead atoms. The van der Waals surface area contributed by atoms with Crippen molar-refractivity contribution in [2.45, 2.75) is 6.61 Å². The van der Waals surface area contributed by atoms with Gasteiger partial charge in [0.2, 0.25) is 0 Å². The predicted molar refractivity (Wildman–Crippen MR) is 71.3 cm³/mol. The van der Waals surface area contributed by atoms with E-state index < -0.39 is 0 Å². The molecule has 4 heteroatoms. The number of hydrogen-bond acceptors (Lipinski definition) is 4. The molecule has 0 aliphatic carbocycles. The van der Waals surface area contributed by atoms with E-state index in [2.05, 4.69) is 4.98 Å². The molecule has 0 saturated heterocycles. The molecule has 1 aromatic heterocycles. The summed E-state index contributed by atoms with van der Waals surface area (Å²) in [7, 11) is 1.65. The lowest BCUT2D eigenvalue weighted by Gasteiger charge is -2.06. The summed E-state index contributed by atoms with van der Waals surface area (Å²) in [6, 6.07) is 13.4. The fraction of sp³-hybridized carbons (Fsp3) is 0.133. The van der Waals surface area contributed by atoms with Gasteiger partial charge in [-0.25, -0.2) is 4.98 Å². The molecular weight excluding hydrogens is 242 g/mol. The van der Waals surface area contributed by atoms with Gasteiger partial charge in [0.15, 0.2) is 12.0 Å². The molecule has 0 spiro atoms. The predicted octanol–water partition coefficient (Wildman–Crippen LogP) is 3.42. The number of methoxy groups -OCH3 is 1. The molecule has 0 unspecified atom stereocenters. The van der Waals surface area contributed by atoms with E-state index >= 15 is 0 Å². The summed E-state index contributed by atoms with van der Waals surface area (Å²) < 4.78 is 16.0. The van der Waals surface area contributed by atoms with Gasteiger partial charge in [-0.05, 0) is 29.8 Å². The van der Waals surface area contributed by atoms with Gasteiger partial charge in [0.05, 0.1) is 7.11 Å². The van der Waals surface area contributed by atoms with Crippen LogP contribution < -0.4 is 9.47 Å². The third-order valence-corrected chi connectivity index (χ3v) is 2.87. The standard InChI is InChI=1S/C15H13NO3/c1-17-12-4-2-11(3-5-12)9-18-13-6-7-15-14(8-13)16-10-19-15/h2-8,10H,9H2,1H3. The molecule has 1 heterocycles. The first-order valence-electron chi connectivity index (χ1n) is 5.94. The molecule has 0 amide bonds. The first-order chi connectivity index (χ1) is 9.35. The summed E-state index contributed by atoms with van der Waals surface area (Å²) in [5.74, 6) is 1.62. The highest BCUT2D eigenvalue weighted by Gasteiger charge is 2.01. The van der Waals surface area contributed by atoms with E-state index in [0.717, 1.165) is 28.2 Å². The maximum absolute atomic E-state index is 5.72. The summed E-state index contributed by atoms with van der Waals surface area (Å²) in [6.07, 6.45) is 1.43. The van der Waals surface area contributed by atoms with E-state index in [1.165, 1.54) is 6.39 Å². The molecule has 3 aromatic rings. The molecule has 0 saturated carbocycles. The lowest BCUT2D eigenvalue weighted by atomic mass is 10.2. The van der Waals surface area contributed by atoms with E-state index in [1.807, 2.05) is 42.5 Å². The summed E-state index contributed by atoms with van der Waals surface area (Å²) in [4.78, 5) is 4.09. The van der Waals surface area contributed by atoms with E-state index in [-0.39, 0.29) is 0 Å². The third kappa shape index (κ3) is 2.52. The Labute approximate surface area is 110 Å². The second kappa shape index (κ2) is 5.02. The SMILES string of the molecule is COc1ccc(COc2ccc3ocnc3c2)cc1. The highest BCUT2D eigenvalue weighted by atomic mass is 16.5. The molecule has 0 aliphatic rings. The molecule has 0 N–H and O–H groups in total. The molecule has 0 aliphatic heterocycles. The molecular formula is C15H13NO3. The number of ether oxygens (including phenoxy) is 2. The van der Waals surface area contributed by atoms with Crippen molar-refractivity contribution in [1.82, 2.24) is 4.98 Å². The zero-order chi connectivity index (χ0) is 13.1. The van der Waals surface area contributed by atoms with Crippen LogP contribution in [0.3, 0.4) is 0 Å². The molecule has 2 aromatic carbocycles. The largest absolute Gasteiger partial charge is 0.497 e. The van der Waals surface area contributed by atoms with Crippen molar-refractivity contribution in [1.29, 1.82) is 0 Å². The number of nitrogens with zero attached hydrogens (tertiary/aromatic N) is 1. The summed E-state index contributed by atoms with van der Waals surface area (Å²) >= 11 is 0. The van der Waals surface area contributed by atoms with Crippen LogP contribution in [0, 0.1) is 0 Å². The van der Waals surface area contributed by atoms with Crippen LogP contribution in [0.4, 0.5) is 0 Å². The van der Waals surface area contributed by atoms with Crippen LogP contribution in [-0.4, -0.2) is 12.1 Å². The lowest BCUT2D eigenvalue weighted by molar-refractivity contribution is 0.306. The molecule has 3 rings (SSSR count). The Kier molecular flexibility index (Phi) is 3.06. The second-order valence-electron chi connectivity index (χ2n) is 4.12. The van der Waals surface area contributed by atoms with Crippen LogP contribution in [-0.2, 0) is 6.61 Å². The quantitative estimate of drug-likeness (QED) is 0.716. The number of oxazole rings is 1. The highest BCUT2D eigenvalue weighted by Crippen LogP contribution is 2.20. The molecule has 4 nitrogen and oxygen atoms in total. The van der Waals surface area contributed by atoms with Crippen molar-refractivity contribution >= 4 is 11.1 Å². The van der Waals surface area contributed by atoms with Gasteiger partial charge in [0.1, 0.15) is 23.6 Å². The second-order valence-corrected chi connectivity index (χ2v) is 4.12. The Hall–Kier alpha value is -2.49. The number of aromatic nitrogens is 1. The van der Waals surface area contributed by atoms with Crippen molar-refractivity contribution in [3.63, 3.8) is 0 Å². The highest BCUT2D eigenvalue weighted by molar-refractivity contribution is 5.73. The number of hydrogen-bond donors (Lipinski definition) is 0. The van der Waals surface area contributed by atoms with Crippen LogP contribution in [0.5, 0.6) is 11.5 Å². The topological polar surface area (TPSA) is 44.5 Å². The molecule has 0 atom stereocenters. The molecule has 0 radical (unpaired) electrons. The minimum Gasteiger partial charge on any atom is -0.497 e. The Bertz CT molecular complexity index is 673. The van der Waals surface area contributed by atoms with Gasteiger partial charge in [-0.3, -0.25) is 0 Å². The Morgan fingerprint density at radius 2 is 1.84 bits per heavy atom. The van der Waals surface area contributed by atoms with Gasteiger partial charge in [0, 0.05) is 6.07 Å². The van der Waals surface area contributed by atoms with Crippen molar-refractivity contribution in [2.75, 3.05) is 7.11 Å². The van der Waals surface area contributed by atoms with Crippen molar-refractivity contribution in [2.24, 2.45) is 0 Å². The Morgan fingerprint density at radius 1 is 1.05 bits per heavy atom. The van der Waals surface area contributed by atoms with Crippen LogP contribution in [0.2, 0.25) is 0 Å². The first-order valence-corrected chi connectivity index (χ1v) is 5.94. The number of benzene rings is 2. The number of fused-ring (bicyclic) bond motifs is 1. The van der Waals surface area contributed by atoms with Crippen LogP contribution in [0.1, 0.15) is 5.56 Å². The average Bonchev–Trinajstić information content (AvgIpc) is 2.93. The van der Waals surface area contributed by atoms with Gasteiger partial charge in [-0.2, -0.15) is 0 Å². The zero-order valence-electron chi connectivity index (χ0n) is 10.5. The van der Waals surface area contributed by atoms with Gasteiger partial charge in [-0.1, -0.05) is 12.1 Å². The average molecular weight is 255 g/mol. The molecule has 19 heavy (non-hydrogen) atoms. The monoisotopic (exact) mass is 255 g/mol. The van der Waals surface area contributed by atoms with Crippen LogP contribution in [0.15, 0.2) is 53.3 Å². The van der Waals surface area contributed by atoms with Crippen molar-refractivity contribution in [3.05, 3.63) is 54.4 Å². The normalized spacial score (nSPS) is 10.6. The van der Waals surface area contributed by atoms with E-state index in [9.17, 15) is 0 Å². The van der Waals surface area contributed by atoms with Gasteiger partial charge >= 0.3 is 0 Å². The van der Waals surface area contributed by atoms with Crippen molar-refractivity contribution < 1.29 is 13.9 Å². The van der Waals surface area contributed by atoms with E-state index in [0.29, 0.717) is 6.61 Å². The van der Waals surface area contributed by atoms with Gasteiger partial charge < -0.3 is 13.9 Å². The van der Waals surface area contributed by atoms with Gasteiger partial charge in [0.25, 0.3) is 0 Å². The Morgan fingerprint density at radius 3 is 2.63 bits per heavy atom. The van der Waals surface area contributed by atoms with Gasteiger partial charge in [-0.15, -0.1) is 0 Å². The minimum absolute atomic E-state index is 0.507. The Balaban J connectivity index is 1.70. The van der Waals surface area contributed by atoms with Crippen LogP contribution in [0.25, 0.3) is 11.1 Å². The maximum Gasteiger partial charge on any atom is 0.181 e. The van der Waals surface area contributed by atoms with Crippen LogP contribution >= 0.6 is 0 Å². The zero-order valence-corrected chi connectivity index (χ0v) is 10.5. The summed E-state index contributed by atoms with van der Waals surface area (Å²) in [6.45, 7) is 0.507.